The van der Waals surface area contributed by atoms with Gasteiger partial charge >= 0.3 is 6.03 Å². The van der Waals surface area contributed by atoms with Crippen molar-refractivity contribution in [2.45, 2.75) is 20.3 Å². The highest BCUT2D eigenvalue weighted by Crippen LogP contribution is 2.28. The van der Waals surface area contributed by atoms with E-state index in [0.717, 1.165) is 5.69 Å². The Balaban J connectivity index is 1.75. The molecule has 0 saturated heterocycles. The molecule has 2 aromatic heterocycles. The number of anilines is 1. The number of aryl methyl sites for hydroxylation is 1. The van der Waals surface area contributed by atoms with Crippen LogP contribution in [0.2, 0.25) is 0 Å². The first kappa shape index (κ1) is 20.4. The monoisotopic (exact) mass is 400 g/mol. The van der Waals surface area contributed by atoms with E-state index in [1.54, 1.807) is 24.1 Å². The highest BCUT2D eigenvalue weighted by molar-refractivity contribution is 5.91. The van der Waals surface area contributed by atoms with Gasteiger partial charge in [0.15, 0.2) is 11.4 Å². The third-order valence-electron chi connectivity index (χ3n) is 4.37. The molecule has 7 nitrogen and oxygen atoms in total. The first-order valence-electron chi connectivity index (χ1n) is 9.57. The number of ether oxygens (including phenoxy) is 2. The predicted molar refractivity (Wildman–Crippen MR) is 109 cm³/mol. The number of carbonyl (C=O) groups excluding carboxylic acids is 1. The highest BCUT2D eigenvalue weighted by atomic mass is 19.1. The van der Waals surface area contributed by atoms with Crippen molar-refractivity contribution >= 4 is 17.5 Å². The molecule has 2 heterocycles. The lowest BCUT2D eigenvalue weighted by atomic mass is 10.3. The number of amides is 2. The summed E-state index contributed by atoms with van der Waals surface area (Å²) in [5, 5.41) is 2.80. The van der Waals surface area contributed by atoms with Crippen LogP contribution in [0.4, 0.5) is 15.0 Å². The fourth-order valence-corrected chi connectivity index (χ4v) is 2.99. The van der Waals surface area contributed by atoms with Crippen molar-refractivity contribution in [1.82, 2.24) is 14.7 Å². The van der Waals surface area contributed by atoms with Gasteiger partial charge in [0.2, 0.25) is 0 Å². The van der Waals surface area contributed by atoms with Crippen molar-refractivity contribution in [2.75, 3.05) is 31.7 Å². The maximum atomic E-state index is 12.9. The van der Waals surface area contributed by atoms with Crippen LogP contribution in [0.15, 0.2) is 42.6 Å². The van der Waals surface area contributed by atoms with E-state index in [-0.39, 0.29) is 11.8 Å². The van der Waals surface area contributed by atoms with Crippen LogP contribution in [0.25, 0.3) is 5.65 Å². The Morgan fingerprint density at radius 2 is 1.90 bits per heavy atom. The van der Waals surface area contributed by atoms with Crippen molar-refractivity contribution in [3.05, 3.63) is 54.1 Å². The molecule has 1 aromatic carbocycles. The summed E-state index contributed by atoms with van der Waals surface area (Å²) in [6.07, 6.45) is 2.53. The zero-order valence-corrected chi connectivity index (χ0v) is 16.8. The van der Waals surface area contributed by atoms with Gasteiger partial charge in [-0.2, -0.15) is 0 Å². The van der Waals surface area contributed by atoms with Crippen molar-refractivity contribution in [3.8, 4) is 11.5 Å². The third-order valence-corrected chi connectivity index (χ3v) is 4.37. The van der Waals surface area contributed by atoms with Gasteiger partial charge in [-0.15, -0.1) is 0 Å². The molecule has 0 spiro atoms. The topological polar surface area (TPSA) is 68.1 Å². The van der Waals surface area contributed by atoms with Crippen molar-refractivity contribution in [3.63, 3.8) is 0 Å². The van der Waals surface area contributed by atoms with Crippen LogP contribution >= 0.6 is 0 Å². The largest absolute Gasteiger partial charge is 0.490 e. The third kappa shape index (κ3) is 4.59. The SMILES string of the molecule is CCNC(=O)N(C)c1c(CC)nc2c(OCCOc3ccc(F)cc3)cccn12. The molecule has 29 heavy (non-hydrogen) atoms. The number of pyridine rings is 1. The predicted octanol–water partition coefficient (Wildman–Crippen LogP) is 3.66. The zero-order chi connectivity index (χ0) is 20.8. The van der Waals surface area contributed by atoms with E-state index in [1.807, 2.05) is 36.6 Å². The van der Waals surface area contributed by atoms with Crippen LogP contribution < -0.4 is 19.7 Å². The molecule has 0 bridgehead atoms. The summed E-state index contributed by atoms with van der Waals surface area (Å²) in [6.45, 7) is 5.02. The fourth-order valence-electron chi connectivity index (χ4n) is 2.99. The number of rotatable bonds is 8. The molecule has 0 aliphatic carbocycles. The van der Waals surface area contributed by atoms with Crippen LogP contribution in [0, 0.1) is 5.82 Å². The summed E-state index contributed by atoms with van der Waals surface area (Å²) < 4.78 is 26.2. The van der Waals surface area contributed by atoms with Gasteiger partial charge in [0.1, 0.15) is 30.6 Å². The van der Waals surface area contributed by atoms with E-state index in [1.165, 1.54) is 12.1 Å². The van der Waals surface area contributed by atoms with Crippen molar-refractivity contribution in [1.29, 1.82) is 0 Å². The van der Waals surface area contributed by atoms with E-state index < -0.39 is 0 Å². The molecular formula is C21H25FN4O3. The first-order valence-corrected chi connectivity index (χ1v) is 9.57. The molecule has 0 radical (unpaired) electrons. The molecule has 0 fully saturated rings. The van der Waals surface area contributed by atoms with E-state index in [2.05, 4.69) is 10.3 Å². The minimum Gasteiger partial charge on any atom is -0.490 e. The number of imidazole rings is 1. The number of halogens is 1. The number of benzene rings is 1. The average Bonchev–Trinajstić information content (AvgIpc) is 3.11. The molecule has 2 amide bonds. The fraction of sp³-hybridized carbons (Fsp3) is 0.333. The summed E-state index contributed by atoms with van der Waals surface area (Å²) in [4.78, 5) is 18.5. The average molecular weight is 400 g/mol. The number of carbonyl (C=O) groups is 1. The molecule has 3 aromatic rings. The standard InChI is InChI=1S/C21H25FN4O3/c1-4-17-20(25(3)21(27)23-5-2)26-12-6-7-18(19(26)24-17)29-14-13-28-16-10-8-15(22)9-11-16/h6-12H,4-5,13-14H2,1-3H3,(H,23,27). The normalized spacial score (nSPS) is 10.8. The number of nitrogens with zero attached hydrogens (tertiary/aromatic N) is 3. The van der Waals surface area contributed by atoms with Crippen LogP contribution in [-0.2, 0) is 6.42 Å². The van der Waals surface area contributed by atoms with Crippen molar-refractivity contribution in [2.24, 2.45) is 0 Å². The summed E-state index contributed by atoms with van der Waals surface area (Å²) in [5.74, 6) is 1.58. The van der Waals surface area contributed by atoms with Crippen LogP contribution in [0.5, 0.6) is 11.5 Å². The van der Waals surface area contributed by atoms with Gasteiger partial charge in [0.05, 0.1) is 5.69 Å². The minimum atomic E-state index is -0.306. The molecule has 8 heteroatoms. The number of nitrogens with one attached hydrogen (secondary N) is 1. The Labute approximate surface area is 169 Å². The Kier molecular flexibility index (Phi) is 6.54. The summed E-state index contributed by atoms with van der Waals surface area (Å²) in [5.41, 5.74) is 1.44. The lowest BCUT2D eigenvalue weighted by molar-refractivity contribution is 0.218. The Bertz CT molecular complexity index is 972. The van der Waals surface area contributed by atoms with E-state index in [9.17, 15) is 9.18 Å². The van der Waals surface area contributed by atoms with Crippen LogP contribution in [-0.4, -0.2) is 42.2 Å². The van der Waals surface area contributed by atoms with Gasteiger partial charge in [-0.05, 0) is 49.7 Å². The van der Waals surface area contributed by atoms with E-state index in [0.29, 0.717) is 49.1 Å². The van der Waals surface area contributed by atoms with Gasteiger partial charge in [0, 0.05) is 19.8 Å². The van der Waals surface area contributed by atoms with Gasteiger partial charge in [-0.1, -0.05) is 6.92 Å². The van der Waals surface area contributed by atoms with Gasteiger partial charge in [-0.25, -0.2) is 14.2 Å². The Morgan fingerprint density at radius 1 is 1.17 bits per heavy atom. The second kappa shape index (κ2) is 9.27. The van der Waals surface area contributed by atoms with Gasteiger partial charge < -0.3 is 14.8 Å². The van der Waals surface area contributed by atoms with Gasteiger partial charge in [0.25, 0.3) is 0 Å². The molecule has 154 valence electrons. The number of hydrogen-bond acceptors (Lipinski definition) is 4. The minimum absolute atomic E-state index is 0.192. The second-order valence-corrected chi connectivity index (χ2v) is 6.35. The maximum Gasteiger partial charge on any atom is 0.322 e. The summed E-state index contributed by atoms with van der Waals surface area (Å²) in [6, 6.07) is 9.32. The lowest BCUT2D eigenvalue weighted by Crippen LogP contribution is -2.38. The van der Waals surface area contributed by atoms with Gasteiger partial charge in [-0.3, -0.25) is 9.30 Å². The Morgan fingerprint density at radius 3 is 2.59 bits per heavy atom. The molecule has 3 rings (SSSR count). The second-order valence-electron chi connectivity index (χ2n) is 6.35. The molecule has 1 N–H and O–H groups in total. The van der Waals surface area contributed by atoms with E-state index in [4.69, 9.17) is 9.47 Å². The highest BCUT2D eigenvalue weighted by Gasteiger charge is 2.21. The first-order chi connectivity index (χ1) is 14.0. The molecular weight excluding hydrogens is 375 g/mol. The smallest absolute Gasteiger partial charge is 0.322 e. The number of hydrogen-bond donors (Lipinski definition) is 1. The van der Waals surface area contributed by atoms with Crippen molar-refractivity contribution < 1.29 is 18.7 Å². The number of urea groups is 1. The summed E-state index contributed by atoms with van der Waals surface area (Å²) >= 11 is 0. The quantitative estimate of drug-likeness (QED) is 0.586. The molecule has 0 saturated carbocycles. The molecule has 0 aliphatic rings. The Hall–Kier alpha value is -3.29. The number of aromatic nitrogens is 2. The molecule has 0 atom stereocenters. The number of fused-ring (bicyclic) bond motifs is 1. The summed E-state index contributed by atoms with van der Waals surface area (Å²) in [7, 11) is 1.72. The van der Waals surface area contributed by atoms with Crippen LogP contribution in [0.3, 0.4) is 0 Å². The molecule has 0 aliphatic heterocycles. The van der Waals surface area contributed by atoms with E-state index >= 15 is 0 Å². The zero-order valence-electron chi connectivity index (χ0n) is 16.8. The maximum absolute atomic E-state index is 12.9. The molecule has 0 unspecified atom stereocenters. The lowest BCUT2D eigenvalue weighted by Gasteiger charge is -2.18. The van der Waals surface area contributed by atoms with Crippen LogP contribution in [0.1, 0.15) is 19.5 Å².